The van der Waals surface area contributed by atoms with Crippen LogP contribution in [0.15, 0.2) is 17.9 Å². The summed E-state index contributed by atoms with van der Waals surface area (Å²) in [5.41, 5.74) is -0.0399. The number of aliphatic hydroxyl groups is 2. The van der Waals surface area contributed by atoms with Crippen LogP contribution in [0.3, 0.4) is 0 Å². The van der Waals surface area contributed by atoms with Crippen LogP contribution < -0.4 is 0 Å². The fourth-order valence-corrected chi connectivity index (χ4v) is 4.54. The number of aliphatic hydroxyl groups excluding tert-OH is 2. The summed E-state index contributed by atoms with van der Waals surface area (Å²) >= 11 is 13.3. The summed E-state index contributed by atoms with van der Waals surface area (Å²) in [6.45, 7) is 0.881. The Kier molecular flexibility index (Phi) is 15.4. The maximum Gasteiger partial charge on any atom is 0.340 e. The second-order valence-electron chi connectivity index (χ2n) is 5.56. The molecule has 1 rings (SSSR count). The molecule has 2 N–H and O–H groups in total. The topological polar surface area (TPSA) is 121 Å². The highest BCUT2D eigenvalue weighted by Crippen LogP contribution is 2.42. The van der Waals surface area contributed by atoms with Gasteiger partial charge in [0.15, 0.2) is 0 Å². The number of rotatable bonds is 15. The average molecular weight is 702 g/mol. The molecule has 9 nitrogen and oxygen atoms in total. The highest BCUT2D eigenvalue weighted by molar-refractivity contribution is 9.15. The molecule has 13 heteroatoms. The van der Waals surface area contributed by atoms with Crippen molar-refractivity contribution in [3.8, 4) is 0 Å². The summed E-state index contributed by atoms with van der Waals surface area (Å²) in [4.78, 5) is 25.4. The van der Waals surface area contributed by atoms with Crippen LogP contribution in [-0.2, 0) is 23.7 Å². The van der Waals surface area contributed by atoms with Crippen molar-refractivity contribution in [3.05, 3.63) is 29.0 Å². The minimum atomic E-state index is -0.752. The number of carbonyl (C=O) groups is 2. The molecule has 31 heavy (non-hydrogen) atoms. The molecular weight excluding hydrogens is 680 g/mol. The van der Waals surface area contributed by atoms with Gasteiger partial charge in [0.05, 0.1) is 64.0 Å². The van der Waals surface area contributed by atoms with Crippen molar-refractivity contribution >= 4 is 75.7 Å². The lowest BCUT2D eigenvalue weighted by Gasteiger charge is -2.16. The van der Waals surface area contributed by atoms with Crippen molar-refractivity contribution in [2.24, 2.45) is 0 Å². The van der Waals surface area contributed by atoms with Gasteiger partial charge in [0.25, 0.3) is 0 Å². The van der Waals surface area contributed by atoms with Gasteiger partial charge in [-0.25, -0.2) is 9.59 Å². The molecule has 0 aliphatic carbocycles. The van der Waals surface area contributed by atoms with Gasteiger partial charge in [-0.1, -0.05) is 0 Å². The van der Waals surface area contributed by atoms with E-state index in [2.05, 4.69) is 63.7 Å². The maximum absolute atomic E-state index is 12.7. The summed E-state index contributed by atoms with van der Waals surface area (Å²) in [5, 5.41) is 17.3. The Hall–Kier alpha value is -0.120. The van der Waals surface area contributed by atoms with Gasteiger partial charge in [-0.3, -0.25) is 0 Å². The van der Waals surface area contributed by atoms with Gasteiger partial charge in [-0.15, -0.1) is 0 Å². The van der Waals surface area contributed by atoms with E-state index in [1.165, 1.54) is 0 Å². The number of ether oxygens (including phenoxy) is 5. The van der Waals surface area contributed by atoms with Crippen molar-refractivity contribution in [1.82, 2.24) is 0 Å². The molecule has 0 fully saturated rings. The molecule has 0 aliphatic heterocycles. The van der Waals surface area contributed by atoms with Crippen LogP contribution >= 0.6 is 63.7 Å². The van der Waals surface area contributed by atoms with Gasteiger partial charge in [-0.05, 0) is 63.7 Å². The van der Waals surface area contributed by atoms with E-state index in [0.29, 0.717) is 24.5 Å². The Morgan fingerprint density at radius 3 is 1.23 bits per heavy atom. The molecule has 0 amide bonds. The van der Waals surface area contributed by atoms with Crippen LogP contribution in [0.4, 0.5) is 0 Å². The molecule has 0 radical (unpaired) electrons. The van der Waals surface area contributed by atoms with Crippen molar-refractivity contribution in [1.29, 1.82) is 0 Å². The molecule has 0 saturated heterocycles. The highest BCUT2D eigenvalue weighted by atomic mass is 79.9. The van der Waals surface area contributed by atoms with Gasteiger partial charge in [0.2, 0.25) is 0 Å². The first-order valence-electron chi connectivity index (χ1n) is 9.01. The maximum atomic E-state index is 12.7. The lowest BCUT2D eigenvalue weighted by atomic mass is 10.1. The third-order valence-electron chi connectivity index (χ3n) is 3.44. The molecular formula is C18H22Br4O9. The molecule has 1 aromatic rings. The SMILES string of the molecule is O=C(OCCOCCO)c1c(Br)c(Br)c(Br)c(Br)c1C(=O)OCCOCCOCCO. The van der Waals surface area contributed by atoms with Gasteiger partial charge in [0.1, 0.15) is 13.2 Å². The quantitative estimate of drug-likeness (QED) is 0.123. The van der Waals surface area contributed by atoms with E-state index in [1.54, 1.807) is 0 Å². The molecule has 0 aliphatic rings. The van der Waals surface area contributed by atoms with Crippen LogP contribution in [0, 0.1) is 0 Å². The van der Waals surface area contributed by atoms with Crippen LogP contribution in [-0.4, -0.2) is 88.2 Å². The Morgan fingerprint density at radius 2 is 0.871 bits per heavy atom. The zero-order chi connectivity index (χ0) is 23.2. The van der Waals surface area contributed by atoms with Crippen LogP contribution in [0.5, 0.6) is 0 Å². The predicted octanol–water partition coefficient (Wildman–Crippen LogP) is 3.08. The highest BCUT2D eigenvalue weighted by Gasteiger charge is 2.30. The first-order valence-corrected chi connectivity index (χ1v) is 12.2. The van der Waals surface area contributed by atoms with Crippen molar-refractivity contribution in [3.63, 3.8) is 0 Å². The summed E-state index contributed by atoms with van der Waals surface area (Å²) in [6, 6.07) is 0. The van der Waals surface area contributed by atoms with E-state index in [1.807, 2.05) is 0 Å². The van der Waals surface area contributed by atoms with E-state index in [0.717, 1.165) is 0 Å². The van der Waals surface area contributed by atoms with Crippen LogP contribution in [0.1, 0.15) is 20.7 Å². The smallest absolute Gasteiger partial charge is 0.340 e. The third kappa shape index (κ3) is 9.72. The van der Waals surface area contributed by atoms with E-state index in [4.69, 9.17) is 33.9 Å². The van der Waals surface area contributed by atoms with Gasteiger partial charge in [-0.2, -0.15) is 0 Å². The molecule has 176 valence electrons. The zero-order valence-electron chi connectivity index (χ0n) is 16.3. The van der Waals surface area contributed by atoms with E-state index in [-0.39, 0.29) is 70.6 Å². The number of halogens is 4. The fraction of sp³-hybridized carbons (Fsp3) is 0.556. The fourth-order valence-electron chi connectivity index (χ4n) is 2.10. The first-order chi connectivity index (χ1) is 14.9. The Morgan fingerprint density at radius 1 is 0.548 bits per heavy atom. The summed E-state index contributed by atoms with van der Waals surface area (Å²) in [6.07, 6.45) is 0. The molecule has 0 spiro atoms. The third-order valence-corrected chi connectivity index (χ3v) is 8.21. The molecule has 0 saturated carbocycles. The number of carbonyl (C=O) groups excluding carboxylic acids is 2. The predicted molar refractivity (Wildman–Crippen MR) is 124 cm³/mol. The molecule has 0 unspecified atom stereocenters. The molecule has 0 aromatic heterocycles. The second kappa shape index (κ2) is 16.5. The number of hydrogen-bond acceptors (Lipinski definition) is 9. The number of benzene rings is 1. The summed E-state index contributed by atoms with van der Waals surface area (Å²) in [5.74, 6) is -1.50. The minimum Gasteiger partial charge on any atom is -0.460 e. The summed E-state index contributed by atoms with van der Waals surface area (Å²) in [7, 11) is 0. The van der Waals surface area contributed by atoms with Gasteiger partial charge < -0.3 is 33.9 Å². The van der Waals surface area contributed by atoms with E-state index < -0.39 is 11.9 Å². The van der Waals surface area contributed by atoms with Crippen molar-refractivity contribution in [2.75, 3.05) is 66.1 Å². The van der Waals surface area contributed by atoms with Crippen LogP contribution in [0.2, 0.25) is 0 Å². The average Bonchev–Trinajstić information content (AvgIpc) is 2.75. The largest absolute Gasteiger partial charge is 0.460 e. The number of esters is 2. The Bertz CT molecular complexity index is 731. The molecule has 0 bridgehead atoms. The van der Waals surface area contributed by atoms with Gasteiger partial charge in [0, 0.05) is 17.9 Å². The van der Waals surface area contributed by atoms with E-state index in [9.17, 15) is 9.59 Å². The van der Waals surface area contributed by atoms with Crippen molar-refractivity contribution in [2.45, 2.75) is 0 Å². The summed E-state index contributed by atoms with van der Waals surface area (Å²) < 4.78 is 27.5. The lowest BCUT2D eigenvalue weighted by Crippen LogP contribution is -2.20. The second-order valence-corrected chi connectivity index (χ2v) is 8.73. The standard InChI is InChI=1S/C18H22Br4O9/c19-13-11(17(25)30-9-7-28-4-2-24)12(14(20)16(22)15(13)21)18(26)31-10-8-29-6-5-27-3-1-23/h23-24H,1-10H2. The Balaban J connectivity index is 2.81. The normalized spacial score (nSPS) is 10.9. The molecule has 1 aromatic carbocycles. The monoisotopic (exact) mass is 698 g/mol. The Labute approximate surface area is 213 Å². The van der Waals surface area contributed by atoms with Crippen LogP contribution in [0.25, 0.3) is 0 Å². The number of hydrogen-bond donors (Lipinski definition) is 2. The first kappa shape index (κ1) is 28.9. The van der Waals surface area contributed by atoms with Crippen molar-refractivity contribution < 1.29 is 43.5 Å². The minimum absolute atomic E-state index is 0.0190. The van der Waals surface area contributed by atoms with E-state index >= 15 is 0 Å². The molecule has 0 heterocycles. The van der Waals surface area contributed by atoms with Gasteiger partial charge >= 0.3 is 11.9 Å². The zero-order valence-corrected chi connectivity index (χ0v) is 22.7. The molecule has 0 atom stereocenters. The lowest BCUT2D eigenvalue weighted by molar-refractivity contribution is 0.00879.